The number of piperidine rings is 1. The Bertz CT molecular complexity index is 747. The Kier molecular flexibility index (Phi) is 5.67. The van der Waals surface area contributed by atoms with Gasteiger partial charge in [-0.1, -0.05) is 19.0 Å². The molecular formula is C15H24N6O2S2. The van der Waals surface area contributed by atoms with E-state index in [1.807, 2.05) is 6.26 Å². The Morgan fingerprint density at radius 1 is 1.32 bits per heavy atom. The molecule has 0 saturated carbocycles. The van der Waals surface area contributed by atoms with E-state index in [4.69, 9.17) is 14.7 Å². The van der Waals surface area contributed by atoms with Crippen LogP contribution in [-0.4, -0.2) is 44.8 Å². The number of anilines is 1. The lowest BCUT2D eigenvalue weighted by atomic mass is 9.92. The van der Waals surface area contributed by atoms with Crippen LogP contribution >= 0.6 is 23.3 Å². The van der Waals surface area contributed by atoms with Gasteiger partial charge in [-0.3, -0.25) is 5.41 Å². The SMILES string of the molecule is CSn1nc(O[C@@H](C)C2CCN(c3nc(C(C)C)no3)CC2)sc1=N. The van der Waals surface area contributed by atoms with Crippen molar-refractivity contribution in [1.82, 2.24) is 19.3 Å². The first kappa shape index (κ1) is 18.2. The van der Waals surface area contributed by atoms with E-state index < -0.39 is 0 Å². The van der Waals surface area contributed by atoms with Gasteiger partial charge in [-0.05, 0) is 49.0 Å². The summed E-state index contributed by atoms with van der Waals surface area (Å²) in [7, 11) is 0. The van der Waals surface area contributed by atoms with E-state index in [1.165, 1.54) is 23.3 Å². The van der Waals surface area contributed by atoms with Crippen molar-refractivity contribution in [3.8, 4) is 5.19 Å². The zero-order chi connectivity index (χ0) is 18.0. The van der Waals surface area contributed by atoms with E-state index in [2.05, 4.69) is 40.9 Å². The molecule has 0 aliphatic carbocycles. The van der Waals surface area contributed by atoms with Gasteiger partial charge in [-0.25, -0.2) is 0 Å². The maximum Gasteiger partial charge on any atom is 0.324 e. The summed E-state index contributed by atoms with van der Waals surface area (Å²) in [5, 5.41) is 16.7. The van der Waals surface area contributed by atoms with E-state index in [9.17, 15) is 0 Å². The molecular weight excluding hydrogens is 360 g/mol. The van der Waals surface area contributed by atoms with Crippen LogP contribution in [0.25, 0.3) is 0 Å². The summed E-state index contributed by atoms with van der Waals surface area (Å²) in [6, 6.07) is 0.621. The van der Waals surface area contributed by atoms with Crippen molar-refractivity contribution in [2.75, 3.05) is 24.2 Å². The molecule has 2 aromatic rings. The second-order valence-electron chi connectivity index (χ2n) is 6.47. The zero-order valence-electron chi connectivity index (χ0n) is 14.9. The van der Waals surface area contributed by atoms with E-state index in [0.717, 1.165) is 31.8 Å². The highest BCUT2D eigenvalue weighted by Crippen LogP contribution is 2.27. The first-order chi connectivity index (χ1) is 12.0. The third-order valence-electron chi connectivity index (χ3n) is 4.41. The van der Waals surface area contributed by atoms with Gasteiger partial charge in [0.05, 0.1) is 0 Å². The standard InChI is InChI=1S/C15H24N6O2S2/c1-9(2)12-17-14(23-19-12)20-7-5-11(6-8-20)10(3)22-15-18-21(24-4)13(16)25-15/h9-11,16H,5-8H2,1-4H3/t10-/m0/s1. The molecule has 0 spiro atoms. The van der Waals surface area contributed by atoms with Gasteiger partial charge in [-0.2, -0.15) is 9.07 Å². The van der Waals surface area contributed by atoms with Gasteiger partial charge in [0, 0.05) is 25.3 Å². The minimum atomic E-state index is 0.0666. The van der Waals surface area contributed by atoms with Crippen LogP contribution in [-0.2, 0) is 0 Å². The molecule has 1 N–H and O–H groups in total. The predicted molar refractivity (Wildman–Crippen MR) is 98.3 cm³/mol. The van der Waals surface area contributed by atoms with Crippen LogP contribution in [0.3, 0.4) is 0 Å². The second kappa shape index (κ2) is 7.77. The van der Waals surface area contributed by atoms with E-state index in [0.29, 0.717) is 21.9 Å². The Hall–Kier alpha value is -1.55. The van der Waals surface area contributed by atoms with E-state index >= 15 is 0 Å². The summed E-state index contributed by atoms with van der Waals surface area (Å²) in [4.78, 5) is 7.01. The fourth-order valence-electron chi connectivity index (χ4n) is 2.84. The average molecular weight is 385 g/mol. The maximum atomic E-state index is 7.82. The van der Waals surface area contributed by atoms with Crippen LogP contribution < -0.4 is 14.4 Å². The number of aromatic nitrogens is 4. The van der Waals surface area contributed by atoms with Gasteiger partial charge < -0.3 is 14.2 Å². The fraction of sp³-hybridized carbons (Fsp3) is 0.733. The number of nitrogens with zero attached hydrogens (tertiary/aromatic N) is 5. The van der Waals surface area contributed by atoms with Gasteiger partial charge in [0.1, 0.15) is 6.10 Å². The van der Waals surface area contributed by atoms with Crippen LogP contribution in [0.5, 0.6) is 5.19 Å². The first-order valence-electron chi connectivity index (χ1n) is 8.42. The summed E-state index contributed by atoms with van der Waals surface area (Å²) >= 11 is 2.67. The number of nitrogens with one attached hydrogen (secondary N) is 1. The van der Waals surface area contributed by atoms with Gasteiger partial charge in [0.15, 0.2) is 5.82 Å². The normalized spacial score (nSPS) is 17.2. The molecule has 1 aliphatic heterocycles. The number of hydrogen-bond donors (Lipinski definition) is 1. The molecule has 1 fully saturated rings. The van der Waals surface area contributed by atoms with Crippen LogP contribution in [0.2, 0.25) is 0 Å². The van der Waals surface area contributed by atoms with Crippen molar-refractivity contribution in [2.24, 2.45) is 5.92 Å². The van der Waals surface area contributed by atoms with Crippen molar-refractivity contribution < 1.29 is 9.26 Å². The lowest BCUT2D eigenvalue weighted by Gasteiger charge is -2.33. The largest absolute Gasteiger partial charge is 0.466 e. The van der Waals surface area contributed by atoms with E-state index in [1.54, 1.807) is 4.09 Å². The quantitative estimate of drug-likeness (QED) is 0.818. The fourth-order valence-corrected chi connectivity index (χ4v) is 4.15. The molecule has 1 atom stereocenters. The Balaban J connectivity index is 1.54. The monoisotopic (exact) mass is 384 g/mol. The molecule has 3 heterocycles. The molecule has 25 heavy (non-hydrogen) atoms. The Morgan fingerprint density at radius 2 is 2.04 bits per heavy atom. The summed E-state index contributed by atoms with van der Waals surface area (Å²) in [6.07, 6.45) is 3.96. The number of ether oxygens (including phenoxy) is 1. The summed E-state index contributed by atoms with van der Waals surface area (Å²) < 4.78 is 12.9. The predicted octanol–water partition coefficient (Wildman–Crippen LogP) is 2.74. The number of rotatable bonds is 6. The van der Waals surface area contributed by atoms with Gasteiger partial charge in [0.2, 0.25) is 4.80 Å². The van der Waals surface area contributed by atoms with Crippen LogP contribution in [0.15, 0.2) is 4.52 Å². The minimum Gasteiger partial charge on any atom is -0.466 e. The highest BCUT2D eigenvalue weighted by atomic mass is 32.2. The molecule has 0 amide bonds. The van der Waals surface area contributed by atoms with Crippen molar-refractivity contribution >= 4 is 29.3 Å². The summed E-state index contributed by atoms with van der Waals surface area (Å²) in [5.41, 5.74) is 0. The van der Waals surface area contributed by atoms with Crippen LogP contribution in [0, 0.1) is 11.3 Å². The number of hydrogen-bond acceptors (Lipinski definition) is 9. The molecule has 8 nitrogen and oxygen atoms in total. The lowest BCUT2D eigenvalue weighted by molar-refractivity contribution is 0.130. The highest BCUT2D eigenvalue weighted by molar-refractivity contribution is 7.97. The zero-order valence-corrected chi connectivity index (χ0v) is 16.6. The minimum absolute atomic E-state index is 0.0666. The molecule has 3 rings (SSSR count). The van der Waals surface area contributed by atoms with Crippen molar-refractivity contribution in [3.63, 3.8) is 0 Å². The second-order valence-corrected chi connectivity index (χ2v) is 8.12. The van der Waals surface area contributed by atoms with Gasteiger partial charge in [-0.15, -0.1) is 5.10 Å². The van der Waals surface area contributed by atoms with Crippen LogP contribution in [0.1, 0.15) is 45.4 Å². The molecule has 0 aromatic carbocycles. The van der Waals surface area contributed by atoms with E-state index in [-0.39, 0.29) is 12.0 Å². The highest BCUT2D eigenvalue weighted by Gasteiger charge is 2.28. The van der Waals surface area contributed by atoms with Crippen LogP contribution in [0.4, 0.5) is 6.01 Å². The molecule has 10 heteroatoms. The van der Waals surface area contributed by atoms with Gasteiger partial charge in [0.25, 0.3) is 5.19 Å². The topological polar surface area (TPSA) is 93.1 Å². The molecule has 0 unspecified atom stereocenters. The summed E-state index contributed by atoms with van der Waals surface area (Å²) in [5.74, 6) is 1.48. The Morgan fingerprint density at radius 3 is 2.60 bits per heavy atom. The maximum absolute atomic E-state index is 7.82. The first-order valence-corrected chi connectivity index (χ1v) is 10.4. The lowest BCUT2D eigenvalue weighted by Crippen LogP contribution is -2.38. The molecule has 1 saturated heterocycles. The Labute approximate surface area is 155 Å². The van der Waals surface area contributed by atoms with Gasteiger partial charge >= 0.3 is 6.01 Å². The smallest absolute Gasteiger partial charge is 0.324 e. The molecule has 138 valence electrons. The third kappa shape index (κ3) is 4.17. The molecule has 2 aromatic heterocycles. The molecule has 1 aliphatic rings. The van der Waals surface area contributed by atoms with Crippen molar-refractivity contribution in [1.29, 1.82) is 5.41 Å². The average Bonchev–Trinajstić information content (AvgIpc) is 3.22. The molecule has 0 bridgehead atoms. The molecule has 0 radical (unpaired) electrons. The van der Waals surface area contributed by atoms with Crippen molar-refractivity contribution in [2.45, 2.75) is 45.6 Å². The summed E-state index contributed by atoms with van der Waals surface area (Å²) in [6.45, 7) is 7.95. The van der Waals surface area contributed by atoms with Crippen molar-refractivity contribution in [3.05, 3.63) is 10.6 Å². The third-order valence-corrected chi connectivity index (χ3v) is 5.86.